The molecule has 2 N–H and O–H groups in total. The normalized spacial score (nSPS) is 15.2. The van der Waals surface area contributed by atoms with Crippen LogP contribution in [0.15, 0.2) is 12.3 Å². The number of hydrogen-bond donors (Lipinski definition) is 2. The van der Waals surface area contributed by atoms with Gasteiger partial charge in [-0.2, -0.15) is 13.2 Å². The van der Waals surface area contributed by atoms with Gasteiger partial charge in [-0.3, -0.25) is 10.1 Å². The SMILES string of the molecule is O=[N+]([O-])c1cnc(C(F)(F)F)cc1NCCNC1CC1. The van der Waals surface area contributed by atoms with E-state index < -0.39 is 22.5 Å². The topological polar surface area (TPSA) is 80.1 Å². The summed E-state index contributed by atoms with van der Waals surface area (Å²) in [4.78, 5) is 13.1. The van der Waals surface area contributed by atoms with Crippen molar-refractivity contribution in [2.45, 2.75) is 25.1 Å². The predicted octanol–water partition coefficient (Wildman–Crippen LogP) is 2.17. The van der Waals surface area contributed by atoms with E-state index in [0.29, 0.717) is 31.4 Å². The standard InChI is InChI=1S/C11H13F3N4O2/c12-11(13,14)10-5-8(9(6-17-10)18(19)20)16-4-3-15-7-1-2-7/h5-7,15H,1-4H2,(H,16,17). The summed E-state index contributed by atoms with van der Waals surface area (Å²) in [5.74, 6) is 0. The number of rotatable bonds is 6. The number of halogens is 3. The molecular formula is C11H13F3N4O2. The third kappa shape index (κ3) is 3.80. The molecule has 0 spiro atoms. The Morgan fingerprint density at radius 2 is 2.10 bits per heavy atom. The summed E-state index contributed by atoms with van der Waals surface area (Å²) in [6.07, 6.45) is -1.82. The number of nitro groups is 1. The molecule has 0 amide bonds. The van der Waals surface area contributed by atoms with Crippen LogP contribution in [0.3, 0.4) is 0 Å². The molecule has 9 heteroatoms. The Balaban J connectivity index is 2.07. The van der Waals surface area contributed by atoms with Gasteiger partial charge in [0.2, 0.25) is 0 Å². The van der Waals surface area contributed by atoms with Crippen molar-refractivity contribution in [3.8, 4) is 0 Å². The van der Waals surface area contributed by atoms with E-state index >= 15 is 0 Å². The first-order chi connectivity index (χ1) is 9.38. The second kappa shape index (κ2) is 5.61. The van der Waals surface area contributed by atoms with Gasteiger partial charge in [-0.15, -0.1) is 0 Å². The van der Waals surface area contributed by atoms with Crippen LogP contribution in [0.4, 0.5) is 24.5 Å². The Bertz CT molecular complexity index is 503. The second-order valence-corrected chi connectivity index (χ2v) is 4.50. The van der Waals surface area contributed by atoms with Crippen molar-refractivity contribution >= 4 is 11.4 Å². The number of nitrogens with zero attached hydrogens (tertiary/aromatic N) is 2. The fourth-order valence-electron chi connectivity index (χ4n) is 1.65. The van der Waals surface area contributed by atoms with Crippen LogP contribution in [0.5, 0.6) is 0 Å². The monoisotopic (exact) mass is 290 g/mol. The zero-order chi connectivity index (χ0) is 14.8. The largest absolute Gasteiger partial charge is 0.433 e. The minimum absolute atomic E-state index is 0.171. The predicted molar refractivity (Wildman–Crippen MR) is 65.4 cm³/mol. The van der Waals surface area contributed by atoms with Gasteiger partial charge in [0.25, 0.3) is 0 Å². The maximum atomic E-state index is 12.5. The van der Waals surface area contributed by atoms with Crippen molar-refractivity contribution in [3.05, 3.63) is 28.1 Å². The number of nitrogens with one attached hydrogen (secondary N) is 2. The number of alkyl halides is 3. The fourth-order valence-corrected chi connectivity index (χ4v) is 1.65. The zero-order valence-corrected chi connectivity index (χ0v) is 10.4. The molecule has 0 bridgehead atoms. The molecular weight excluding hydrogens is 277 g/mol. The van der Waals surface area contributed by atoms with E-state index in [2.05, 4.69) is 15.6 Å². The second-order valence-electron chi connectivity index (χ2n) is 4.50. The third-order valence-electron chi connectivity index (χ3n) is 2.82. The van der Waals surface area contributed by atoms with Crippen molar-refractivity contribution in [2.75, 3.05) is 18.4 Å². The van der Waals surface area contributed by atoms with E-state index in [1.807, 2.05) is 0 Å². The Morgan fingerprint density at radius 3 is 2.65 bits per heavy atom. The fraction of sp³-hybridized carbons (Fsp3) is 0.545. The van der Waals surface area contributed by atoms with Gasteiger partial charge in [-0.05, 0) is 18.9 Å². The molecule has 0 aliphatic heterocycles. The molecule has 1 heterocycles. The number of hydrogen-bond acceptors (Lipinski definition) is 5. The maximum absolute atomic E-state index is 12.5. The first kappa shape index (κ1) is 14.5. The molecule has 1 aliphatic rings. The lowest BCUT2D eigenvalue weighted by Crippen LogP contribution is -2.24. The first-order valence-electron chi connectivity index (χ1n) is 6.07. The van der Waals surface area contributed by atoms with Crippen LogP contribution in [0.1, 0.15) is 18.5 Å². The molecule has 1 aromatic rings. The van der Waals surface area contributed by atoms with Crippen LogP contribution < -0.4 is 10.6 Å². The Hall–Kier alpha value is -1.90. The molecule has 0 aromatic carbocycles. The van der Waals surface area contributed by atoms with Gasteiger partial charge in [0, 0.05) is 19.1 Å². The molecule has 2 rings (SSSR count). The molecule has 0 unspecified atom stereocenters. The Morgan fingerprint density at radius 1 is 1.40 bits per heavy atom. The lowest BCUT2D eigenvalue weighted by molar-refractivity contribution is -0.384. The molecule has 0 radical (unpaired) electrons. The van der Waals surface area contributed by atoms with E-state index in [9.17, 15) is 23.3 Å². The molecule has 1 saturated carbocycles. The van der Waals surface area contributed by atoms with Crippen LogP contribution in [0.2, 0.25) is 0 Å². The molecule has 6 nitrogen and oxygen atoms in total. The van der Waals surface area contributed by atoms with E-state index in [1.54, 1.807) is 0 Å². The summed E-state index contributed by atoms with van der Waals surface area (Å²) < 4.78 is 37.6. The first-order valence-corrected chi connectivity index (χ1v) is 6.07. The Kier molecular flexibility index (Phi) is 4.07. The number of aromatic nitrogens is 1. The van der Waals surface area contributed by atoms with Gasteiger partial charge in [-0.1, -0.05) is 0 Å². The van der Waals surface area contributed by atoms with Gasteiger partial charge in [0.1, 0.15) is 17.6 Å². The third-order valence-corrected chi connectivity index (χ3v) is 2.82. The minimum Gasteiger partial charge on any atom is -0.378 e. The summed E-state index contributed by atoms with van der Waals surface area (Å²) >= 11 is 0. The molecule has 0 saturated heterocycles. The summed E-state index contributed by atoms with van der Waals surface area (Å²) in [7, 11) is 0. The lowest BCUT2D eigenvalue weighted by atomic mass is 10.2. The Labute approximate surface area is 112 Å². The molecule has 1 aliphatic carbocycles. The highest BCUT2D eigenvalue weighted by molar-refractivity contribution is 5.61. The quantitative estimate of drug-likeness (QED) is 0.477. The maximum Gasteiger partial charge on any atom is 0.433 e. The molecule has 110 valence electrons. The average Bonchev–Trinajstić information content (AvgIpc) is 3.17. The van der Waals surface area contributed by atoms with Crippen molar-refractivity contribution in [3.63, 3.8) is 0 Å². The van der Waals surface area contributed by atoms with Crippen LogP contribution in [-0.2, 0) is 6.18 Å². The number of anilines is 1. The van der Waals surface area contributed by atoms with E-state index in [-0.39, 0.29) is 5.69 Å². The van der Waals surface area contributed by atoms with Crippen molar-refractivity contribution in [1.82, 2.24) is 10.3 Å². The minimum atomic E-state index is -4.63. The zero-order valence-electron chi connectivity index (χ0n) is 10.4. The molecule has 1 fully saturated rings. The summed E-state index contributed by atoms with van der Waals surface area (Å²) in [6.45, 7) is 0.837. The lowest BCUT2D eigenvalue weighted by Gasteiger charge is -2.10. The van der Waals surface area contributed by atoms with Gasteiger partial charge in [0.15, 0.2) is 0 Å². The average molecular weight is 290 g/mol. The van der Waals surface area contributed by atoms with Crippen LogP contribution in [-0.4, -0.2) is 29.0 Å². The van der Waals surface area contributed by atoms with Crippen LogP contribution in [0, 0.1) is 10.1 Å². The highest BCUT2D eigenvalue weighted by atomic mass is 19.4. The highest BCUT2D eigenvalue weighted by Crippen LogP contribution is 2.32. The number of pyridine rings is 1. The summed E-state index contributed by atoms with van der Waals surface area (Å²) in [5.41, 5.74) is -1.79. The van der Waals surface area contributed by atoms with Crippen molar-refractivity contribution in [1.29, 1.82) is 0 Å². The molecule has 1 aromatic heterocycles. The summed E-state index contributed by atoms with van der Waals surface area (Å²) in [6, 6.07) is 1.13. The van der Waals surface area contributed by atoms with Gasteiger partial charge < -0.3 is 10.6 Å². The van der Waals surface area contributed by atoms with Crippen molar-refractivity contribution in [2.24, 2.45) is 0 Å². The van der Waals surface area contributed by atoms with E-state index in [0.717, 1.165) is 12.8 Å². The van der Waals surface area contributed by atoms with Gasteiger partial charge in [0.05, 0.1) is 4.92 Å². The van der Waals surface area contributed by atoms with E-state index in [1.165, 1.54) is 0 Å². The van der Waals surface area contributed by atoms with Gasteiger partial charge in [-0.25, -0.2) is 4.98 Å². The van der Waals surface area contributed by atoms with Crippen molar-refractivity contribution < 1.29 is 18.1 Å². The van der Waals surface area contributed by atoms with Crippen LogP contribution >= 0.6 is 0 Å². The van der Waals surface area contributed by atoms with Gasteiger partial charge >= 0.3 is 11.9 Å². The molecule has 20 heavy (non-hydrogen) atoms. The highest BCUT2D eigenvalue weighted by Gasteiger charge is 2.34. The van der Waals surface area contributed by atoms with Crippen LogP contribution in [0.25, 0.3) is 0 Å². The smallest absolute Gasteiger partial charge is 0.378 e. The van der Waals surface area contributed by atoms with E-state index in [4.69, 9.17) is 0 Å². The summed E-state index contributed by atoms with van der Waals surface area (Å²) in [5, 5.41) is 16.6. The molecule has 0 atom stereocenters.